The van der Waals surface area contributed by atoms with Crippen LogP contribution in [0.25, 0.3) is 0 Å². The highest BCUT2D eigenvalue weighted by atomic mass is 32.2. The predicted octanol–water partition coefficient (Wildman–Crippen LogP) is 1.54. The lowest BCUT2D eigenvalue weighted by atomic mass is 10.2. The normalized spacial score (nSPS) is 11.1. The number of para-hydroxylation sites is 1. The maximum atomic E-state index is 13.6. The lowest BCUT2D eigenvalue weighted by Gasteiger charge is -2.22. The minimum absolute atomic E-state index is 0.0186. The Bertz CT molecular complexity index is 544. The van der Waals surface area contributed by atoms with E-state index in [9.17, 15) is 17.6 Å². The van der Waals surface area contributed by atoms with Crippen LogP contribution in [0.15, 0.2) is 24.3 Å². The maximum Gasteiger partial charge on any atom is 0.305 e. The molecule has 0 aliphatic rings. The number of methoxy groups -OCH3 is 1. The molecule has 0 saturated carbocycles. The molecule has 1 rings (SSSR count). The summed E-state index contributed by atoms with van der Waals surface area (Å²) in [6.07, 6.45) is 1.34. The molecule has 1 aromatic rings. The Labute approximate surface area is 112 Å². The SMILES string of the molecule is COC(=O)CCCN(c1ccccc1F)S(C)(=O)=O. The van der Waals surface area contributed by atoms with E-state index in [4.69, 9.17) is 0 Å². The molecule has 0 bridgehead atoms. The zero-order valence-electron chi connectivity index (χ0n) is 10.8. The third-order valence-corrected chi connectivity index (χ3v) is 3.67. The molecule has 106 valence electrons. The van der Waals surface area contributed by atoms with Crippen molar-refractivity contribution in [1.29, 1.82) is 0 Å². The van der Waals surface area contributed by atoms with Gasteiger partial charge in [-0.25, -0.2) is 12.8 Å². The van der Waals surface area contributed by atoms with Gasteiger partial charge in [0.2, 0.25) is 10.0 Å². The highest BCUT2D eigenvalue weighted by Gasteiger charge is 2.20. The Kier molecular flexibility index (Phi) is 5.29. The molecule has 0 N–H and O–H groups in total. The van der Waals surface area contributed by atoms with E-state index >= 15 is 0 Å². The van der Waals surface area contributed by atoms with Crippen LogP contribution < -0.4 is 4.31 Å². The van der Waals surface area contributed by atoms with E-state index in [0.717, 1.165) is 10.6 Å². The van der Waals surface area contributed by atoms with Gasteiger partial charge in [0, 0.05) is 13.0 Å². The number of ether oxygens (including phenoxy) is 1. The topological polar surface area (TPSA) is 63.7 Å². The van der Waals surface area contributed by atoms with Gasteiger partial charge in [-0.05, 0) is 18.6 Å². The predicted molar refractivity (Wildman–Crippen MR) is 69.8 cm³/mol. The van der Waals surface area contributed by atoms with Crippen molar-refractivity contribution in [3.05, 3.63) is 30.1 Å². The summed E-state index contributed by atoms with van der Waals surface area (Å²) >= 11 is 0. The van der Waals surface area contributed by atoms with E-state index in [1.807, 2.05) is 0 Å². The first kappa shape index (κ1) is 15.4. The van der Waals surface area contributed by atoms with Crippen LogP contribution in [0.5, 0.6) is 0 Å². The number of hydrogen-bond acceptors (Lipinski definition) is 4. The lowest BCUT2D eigenvalue weighted by molar-refractivity contribution is -0.140. The second-order valence-corrected chi connectivity index (χ2v) is 5.87. The molecule has 0 aliphatic heterocycles. The molecule has 0 spiro atoms. The van der Waals surface area contributed by atoms with Gasteiger partial charge in [-0.3, -0.25) is 9.10 Å². The Morgan fingerprint density at radius 3 is 2.53 bits per heavy atom. The minimum Gasteiger partial charge on any atom is -0.469 e. The average Bonchev–Trinajstić information content (AvgIpc) is 2.34. The van der Waals surface area contributed by atoms with Crippen LogP contribution in [0, 0.1) is 5.82 Å². The summed E-state index contributed by atoms with van der Waals surface area (Å²) < 4.78 is 42.4. The summed E-state index contributed by atoms with van der Waals surface area (Å²) in [5, 5.41) is 0. The van der Waals surface area contributed by atoms with Gasteiger partial charge in [0.1, 0.15) is 5.82 Å². The molecule has 1 aromatic carbocycles. The summed E-state index contributed by atoms with van der Waals surface area (Å²) in [6, 6.07) is 5.60. The van der Waals surface area contributed by atoms with Gasteiger partial charge < -0.3 is 4.74 Å². The number of carbonyl (C=O) groups excluding carboxylic acids is 1. The third kappa shape index (κ3) is 4.51. The van der Waals surface area contributed by atoms with Crippen LogP contribution in [0.4, 0.5) is 10.1 Å². The number of sulfonamides is 1. The van der Waals surface area contributed by atoms with Gasteiger partial charge in [-0.1, -0.05) is 12.1 Å². The van der Waals surface area contributed by atoms with E-state index in [-0.39, 0.29) is 25.1 Å². The van der Waals surface area contributed by atoms with Crippen LogP contribution in [-0.4, -0.2) is 34.3 Å². The average molecular weight is 289 g/mol. The molecule has 0 saturated heterocycles. The lowest BCUT2D eigenvalue weighted by Crippen LogP contribution is -2.32. The van der Waals surface area contributed by atoms with Crippen molar-refractivity contribution >= 4 is 21.7 Å². The highest BCUT2D eigenvalue weighted by Crippen LogP contribution is 2.21. The van der Waals surface area contributed by atoms with Gasteiger partial charge in [0.15, 0.2) is 0 Å². The highest BCUT2D eigenvalue weighted by molar-refractivity contribution is 7.92. The molecule has 7 heteroatoms. The zero-order valence-corrected chi connectivity index (χ0v) is 11.6. The molecule has 0 aliphatic carbocycles. The molecule has 19 heavy (non-hydrogen) atoms. The van der Waals surface area contributed by atoms with Crippen molar-refractivity contribution in [2.45, 2.75) is 12.8 Å². The van der Waals surface area contributed by atoms with E-state index < -0.39 is 21.8 Å². The molecular weight excluding hydrogens is 273 g/mol. The molecular formula is C12H16FNO4S. The van der Waals surface area contributed by atoms with Crippen molar-refractivity contribution in [1.82, 2.24) is 0 Å². The summed E-state index contributed by atoms with van der Waals surface area (Å²) in [5.74, 6) is -1.05. The van der Waals surface area contributed by atoms with Gasteiger partial charge in [-0.2, -0.15) is 0 Å². The minimum atomic E-state index is -3.60. The second kappa shape index (κ2) is 6.51. The largest absolute Gasteiger partial charge is 0.469 e. The maximum absolute atomic E-state index is 13.6. The fraction of sp³-hybridized carbons (Fsp3) is 0.417. The number of carbonyl (C=O) groups is 1. The number of halogens is 1. The summed E-state index contributed by atoms with van der Waals surface area (Å²) in [4.78, 5) is 11.0. The van der Waals surface area contributed by atoms with Gasteiger partial charge >= 0.3 is 5.97 Å². The monoisotopic (exact) mass is 289 g/mol. The Hall–Kier alpha value is -1.63. The number of esters is 1. The molecule has 5 nitrogen and oxygen atoms in total. The van der Waals surface area contributed by atoms with Crippen LogP contribution >= 0.6 is 0 Å². The first-order chi connectivity index (χ1) is 8.86. The fourth-order valence-corrected chi connectivity index (χ4v) is 2.55. The van der Waals surface area contributed by atoms with Crippen LogP contribution in [-0.2, 0) is 19.6 Å². The van der Waals surface area contributed by atoms with Crippen LogP contribution in [0.2, 0.25) is 0 Å². The summed E-state index contributed by atoms with van der Waals surface area (Å²) in [5.41, 5.74) is -0.0186. The molecule has 0 unspecified atom stereocenters. The van der Waals surface area contributed by atoms with Crippen LogP contribution in [0.3, 0.4) is 0 Å². The van der Waals surface area contributed by atoms with Crippen molar-refractivity contribution in [2.24, 2.45) is 0 Å². The van der Waals surface area contributed by atoms with Crippen LogP contribution in [0.1, 0.15) is 12.8 Å². The number of hydrogen-bond donors (Lipinski definition) is 0. The number of anilines is 1. The molecule has 0 atom stereocenters. The molecule has 0 radical (unpaired) electrons. The Balaban J connectivity index is 2.86. The van der Waals surface area contributed by atoms with Crippen molar-refractivity contribution < 1.29 is 22.3 Å². The Morgan fingerprint density at radius 1 is 1.37 bits per heavy atom. The number of rotatable bonds is 6. The first-order valence-electron chi connectivity index (χ1n) is 5.65. The van der Waals surface area contributed by atoms with E-state index in [2.05, 4.69) is 4.74 Å². The van der Waals surface area contributed by atoms with E-state index in [1.165, 1.54) is 25.3 Å². The standard InChI is InChI=1S/C12H16FNO4S/c1-18-12(15)8-5-9-14(19(2,16)17)11-7-4-3-6-10(11)13/h3-4,6-7H,5,8-9H2,1-2H3. The Morgan fingerprint density at radius 2 is 2.00 bits per heavy atom. The third-order valence-electron chi connectivity index (χ3n) is 2.49. The van der Waals surface area contributed by atoms with Crippen molar-refractivity contribution in [3.8, 4) is 0 Å². The van der Waals surface area contributed by atoms with Gasteiger partial charge in [0.25, 0.3) is 0 Å². The fourth-order valence-electron chi connectivity index (χ4n) is 1.59. The van der Waals surface area contributed by atoms with Gasteiger partial charge in [-0.15, -0.1) is 0 Å². The quantitative estimate of drug-likeness (QED) is 0.745. The van der Waals surface area contributed by atoms with Crippen molar-refractivity contribution in [3.63, 3.8) is 0 Å². The van der Waals surface area contributed by atoms with Crippen molar-refractivity contribution in [2.75, 3.05) is 24.2 Å². The summed E-state index contributed by atoms with van der Waals surface area (Å²) in [6.45, 7) is 0.0227. The van der Waals surface area contributed by atoms with E-state index in [0.29, 0.717) is 0 Å². The number of nitrogens with zero attached hydrogens (tertiary/aromatic N) is 1. The molecule has 0 heterocycles. The van der Waals surface area contributed by atoms with E-state index in [1.54, 1.807) is 6.07 Å². The molecule has 0 amide bonds. The zero-order chi connectivity index (χ0) is 14.5. The van der Waals surface area contributed by atoms with Gasteiger partial charge in [0.05, 0.1) is 19.1 Å². The molecule has 0 fully saturated rings. The second-order valence-electron chi connectivity index (χ2n) is 3.97. The number of benzene rings is 1. The molecule has 0 aromatic heterocycles. The summed E-state index contributed by atoms with van der Waals surface area (Å²) in [7, 11) is -2.35. The smallest absolute Gasteiger partial charge is 0.305 e. The first-order valence-corrected chi connectivity index (χ1v) is 7.50.